The monoisotopic (exact) mass is 241 g/mol. The van der Waals surface area contributed by atoms with Crippen molar-refractivity contribution in [2.45, 2.75) is 43.2 Å². The fourth-order valence-corrected chi connectivity index (χ4v) is 3.52. The third-order valence-corrected chi connectivity index (χ3v) is 4.32. The topological polar surface area (TPSA) is 57.6 Å². The molecule has 1 amide bonds. The first-order valence-electron chi connectivity index (χ1n) is 5.56. The van der Waals surface area contributed by atoms with Crippen LogP contribution in [-0.4, -0.2) is 32.5 Å². The van der Waals surface area contributed by atoms with E-state index in [2.05, 4.69) is 6.92 Å². The van der Waals surface area contributed by atoms with Gasteiger partial charge < -0.3 is 5.11 Å². The predicted octanol–water partition coefficient (Wildman–Crippen LogP) is 1.82. The molecule has 1 fully saturated rings. The van der Waals surface area contributed by atoms with E-state index in [0.29, 0.717) is 6.42 Å². The van der Waals surface area contributed by atoms with Crippen molar-refractivity contribution in [3.05, 3.63) is 11.8 Å². The second-order valence-electron chi connectivity index (χ2n) is 4.10. The Hall–Kier alpha value is -0.970. The lowest BCUT2D eigenvalue weighted by Gasteiger charge is -2.44. The van der Waals surface area contributed by atoms with Gasteiger partial charge in [0.25, 0.3) is 0 Å². The zero-order valence-electron chi connectivity index (χ0n) is 9.18. The zero-order valence-corrected chi connectivity index (χ0v) is 10.00. The van der Waals surface area contributed by atoms with E-state index < -0.39 is 5.97 Å². The summed E-state index contributed by atoms with van der Waals surface area (Å²) < 4.78 is 0. The molecule has 1 N–H and O–H groups in total. The smallest absolute Gasteiger partial charge is 0.352 e. The van der Waals surface area contributed by atoms with E-state index >= 15 is 0 Å². The van der Waals surface area contributed by atoms with E-state index in [-0.39, 0.29) is 22.2 Å². The molecule has 2 heterocycles. The first kappa shape index (κ1) is 11.5. The summed E-state index contributed by atoms with van der Waals surface area (Å²) in [5.41, 5.74) is 0.182. The number of hydrogen-bond donors (Lipinski definition) is 1. The Kier molecular flexibility index (Phi) is 3.23. The lowest BCUT2D eigenvalue weighted by molar-refractivity contribution is -0.146. The molecule has 1 unspecified atom stereocenters. The van der Waals surface area contributed by atoms with Crippen LogP contribution in [0.1, 0.15) is 32.6 Å². The Bertz CT molecular complexity index is 353. The highest BCUT2D eigenvalue weighted by Gasteiger charge is 2.45. The van der Waals surface area contributed by atoms with Crippen LogP contribution in [0.15, 0.2) is 11.8 Å². The Balaban J connectivity index is 2.12. The zero-order chi connectivity index (χ0) is 11.7. The molecular formula is C11H15NO3S. The first-order chi connectivity index (χ1) is 7.63. The summed E-state index contributed by atoms with van der Waals surface area (Å²) in [6.07, 6.45) is 5.42. The fourth-order valence-electron chi connectivity index (χ4n) is 2.01. The van der Waals surface area contributed by atoms with Crippen molar-refractivity contribution in [3.63, 3.8) is 0 Å². The maximum Gasteiger partial charge on any atom is 0.352 e. The van der Waals surface area contributed by atoms with Gasteiger partial charge in [-0.3, -0.25) is 9.69 Å². The molecule has 5 heteroatoms. The van der Waals surface area contributed by atoms with Gasteiger partial charge >= 0.3 is 5.97 Å². The molecule has 0 spiro atoms. The summed E-state index contributed by atoms with van der Waals surface area (Å²) in [5.74, 6) is -1.06. The molecule has 1 saturated heterocycles. The van der Waals surface area contributed by atoms with Crippen LogP contribution < -0.4 is 0 Å². The number of hydrogen-bond acceptors (Lipinski definition) is 3. The number of nitrogens with zero attached hydrogens (tertiary/aromatic N) is 1. The average Bonchev–Trinajstić information content (AvgIpc) is 2.23. The molecule has 16 heavy (non-hydrogen) atoms. The molecule has 0 aromatic rings. The second-order valence-corrected chi connectivity index (χ2v) is 5.52. The third kappa shape index (κ3) is 1.96. The van der Waals surface area contributed by atoms with Crippen LogP contribution >= 0.6 is 11.8 Å². The Morgan fingerprint density at radius 2 is 2.44 bits per heavy atom. The Morgan fingerprint density at radius 3 is 3.00 bits per heavy atom. The number of carboxylic acids is 1. The molecule has 2 aliphatic heterocycles. The predicted molar refractivity (Wildman–Crippen MR) is 61.9 cm³/mol. The molecule has 0 aromatic carbocycles. The van der Waals surface area contributed by atoms with Crippen molar-refractivity contribution in [2.75, 3.05) is 0 Å². The minimum Gasteiger partial charge on any atom is -0.477 e. The normalized spacial score (nSPS) is 28.2. The molecule has 88 valence electrons. The number of fused-ring (bicyclic) bond motifs is 1. The molecule has 0 bridgehead atoms. The summed E-state index contributed by atoms with van der Waals surface area (Å²) in [7, 11) is 0. The van der Waals surface area contributed by atoms with E-state index in [1.165, 1.54) is 4.90 Å². The molecule has 2 atom stereocenters. The van der Waals surface area contributed by atoms with Gasteiger partial charge in [0, 0.05) is 5.25 Å². The fraction of sp³-hybridized carbons (Fsp3) is 0.636. The number of β-lactam (4-membered cyclic amide) rings is 1. The van der Waals surface area contributed by atoms with Crippen molar-refractivity contribution in [2.24, 2.45) is 0 Å². The summed E-state index contributed by atoms with van der Waals surface area (Å²) in [5, 5.41) is 9.36. The summed E-state index contributed by atoms with van der Waals surface area (Å²) in [6.45, 7) is 2.12. The first-order valence-corrected chi connectivity index (χ1v) is 6.50. The van der Waals surface area contributed by atoms with E-state index in [1.807, 2.05) is 0 Å². The number of carbonyl (C=O) groups is 2. The lowest BCUT2D eigenvalue weighted by Crippen LogP contribution is -2.54. The van der Waals surface area contributed by atoms with Crippen LogP contribution in [0.4, 0.5) is 0 Å². The van der Waals surface area contributed by atoms with Gasteiger partial charge in [0.05, 0.1) is 11.8 Å². The molecule has 0 aliphatic carbocycles. The second kappa shape index (κ2) is 4.49. The van der Waals surface area contributed by atoms with Crippen LogP contribution in [0, 0.1) is 0 Å². The largest absolute Gasteiger partial charge is 0.477 e. The number of aliphatic carboxylic acids is 1. The minimum atomic E-state index is -0.986. The molecule has 4 nitrogen and oxygen atoms in total. The van der Waals surface area contributed by atoms with Gasteiger partial charge in [-0.2, -0.15) is 0 Å². The van der Waals surface area contributed by atoms with Crippen molar-refractivity contribution in [3.8, 4) is 0 Å². The van der Waals surface area contributed by atoms with Crippen LogP contribution in [0.2, 0.25) is 0 Å². The van der Waals surface area contributed by atoms with Gasteiger partial charge in [0.1, 0.15) is 5.70 Å². The SMILES string of the molecule is CCCCC1C=C(C(=O)O)N2C(=O)C[C@H]2S1. The van der Waals surface area contributed by atoms with E-state index in [4.69, 9.17) is 5.11 Å². The number of carbonyl (C=O) groups excluding carboxylic acids is 1. The maximum atomic E-state index is 11.3. The highest BCUT2D eigenvalue weighted by molar-refractivity contribution is 8.00. The standard InChI is InChI=1S/C11H15NO3S/c1-2-3-4-7-5-8(11(14)15)12-9(13)6-10(12)16-7/h5,7,10H,2-4,6H2,1H3,(H,14,15)/t7?,10-/m1/s1. The van der Waals surface area contributed by atoms with Crippen molar-refractivity contribution >= 4 is 23.6 Å². The molecular weight excluding hydrogens is 226 g/mol. The van der Waals surface area contributed by atoms with Gasteiger partial charge in [-0.15, -0.1) is 11.8 Å². The van der Waals surface area contributed by atoms with Gasteiger partial charge in [-0.25, -0.2) is 4.79 Å². The molecule has 0 radical (unpaired) electrons. The number of unbranched alkanes of at least 4 members (excludes halogenated alkanes) is 1. The van der Waals surface area contributed by atoms with Gasteiger partial charge in [-0.1, -0.05) is 19.8 Å². The van der Waals surface area contributed by atoms with Crippen LogP contribution in [0.25, 0.3) is 0 Å². The van der Waals surface area contributed by atoms with Crippen molar-refractivity contribution < 1.29 is 14.7 Å². The van der Waals surface area contributed by atoms with Gasteiger partial charge in [-0.05, 0) is 12.5 Å². The summed E-state index contributed by atoms with van der Waals surface area (Å²) in [4.78, 5) is 23.8. The van der Waals surface area contributed by atoms with E-state index in [1.54, 1.807) is 17.8 Å². The molecule has 0 aromatic heterocycles. The lowest BCUT2D eigenvalue weighted by atomic mass is 10.1. The van der Waals surface area contributed by atoms with Crippen LogP contribution in [0.3, 0.4) is 0 Å². The maximum absolute atomic E-state index is 11.3. The van der Waals surface area contributed by atoms with Gasteiger partial charge in [0.15, 0.2) is 0 Å². The van der Waals surface area contributed by atoms with Crippen LogP contribution in [-0.2, 0) is 9.59 Å². The van der Waals surface area contributed by atoms with Crippen LogP contribution in [0.5, 0.6) is 0 Å². The third-order valence-electron chi connectivity index (χ3n) is 2.90. The van der Waals surface area contributed by atoms with Gasteiger partial charge in [0.2, 0.25) is 5.91 Å². The average molecular weight is 241 g/mol. The Morgan fingerprint density at radius 1 is 1.69 bits per heavy atom. The molecule has 2 rings (SSSR count). The minimum absolute atomic E-state index is 0.0606. The Labute approximate surface area is 98.7 Å². The molecule has 2 aliphatic rings. The highest BCUT2D eigenvalue weighted by Crippen LogP contribution is 2.41. The number of rotatable bonds is 4. The quantitative estimate of drug-likeness (QED) is 0.763. The summed E-state index contributed by atoms with van der Waals surface area (Å²) >= 11 is 1.71. The number of thioether (sulfide) groups is 1. The van der Waals surface area contributed by atoms with E-state index in [0.717, 1.165) is 19.3 Å². The number of amides is 1. The molecule has 0 saturated carbocycles. The summed E-state index contributed by atoms with van der Waals surface area (Å²) in [6, 6.07) is 0. The van der Waals surface area contributed by atoms with Crippen molar-refractivity contribution in [1.82, 2.24) is 4.90 Å². The highest BCUT2D eigenvalue weighted by atomic mass is 32.2. The number of carboxylic acid groups (broad SMARTS) is 1. The van der Waals surface area contributed by atoms with Crippen molar-refractivity contribution in [1.29, 1.82) is 0 Å². The van der Waals surface area contributed by atoms with E-state index in [9.17, 15) is 9.59 Å².